The molecule has 0 spiro atoms. The molecule has 2 aromatic rings. The average Bonchev–Trinajstić information content (AvgIpc) is 2.95. The van der Waals surface area contributed by atoms with Crippen LogP contribution in [0, 0.1) is 0 Å². The van der Waals surface area contributed by atoms with Crippen LogP contribution in [0.3, 0.4) is 0 Å². The number of sulfonamides is 1. The summed E-state index contributed by atoms with van der Waals surface area (Å²) in [5.41, 5.74) is 5.40. The van der Waals surface area contributed by atoms with Crippen molar-refractivity contribution >= 4 is 20.8 Å². The SMILES string of the molecule is COc1cccc2c(S(=O)(=O)NC[C@H](O)CN3[C@H](C)CCC[C@@H]3C)cccc12.C[C@@H]1CCC[C@H](C)N1C[C@@H](O)CN. The number of methoxy groups -OCH3 is 1. The highest BCUT2D eigenvalue weighted by atomic mass is 32.2. The molecule has 41 heavy (non-hydrogen) atoms. The van der Waals surface area contributed by atoms with Crippen LogP contribution in [0.25, 0.3) is 10.8 Å². The van der Waals surface area contributed by atoms with E-state index in [9.17, 15) is 18.6 Å². The highest BCUT2D eigenvalue weighted by Crippen LogP contribution is 2.30. The minimum atomic E-state index is -3.76. The smallest absolute Gasteiger partial charge is 0.241 e. The Labute approximate surface area is 247 Å². The number of nitrogens with two attached hydrogens (primary N) is 1. The summed E-state index contributed by atoms with van der Waals surface area (Å²) in [5, 5.41) is 21.3. The zero-order valence-electron chi connectivity index (χ0n) is 25.5. The largest absolute Gasteiger partial charge is 0.496 e. The first kappa shape index (κ1) is 33.7. The van der Waals surface area contributed by atoms with Crippen LogP contribution in [0.4, 0.5) is 0 Å². The molecule has 10 heteroatoms. The molecule has 2 aromatic carbocycles. The first-order valence-corrected chi connectivity index (χ1v) is 16.6. The molecule has 232 valence electrons. The van der Waals surface area contributed by atoms with Gasteiger partial charge in [-0.2, -0.15) is 0 Å². The van der Waals surface area contributed by atoms with Gasteiger partial charge in [-0.25, -0.2) is 13.1 Å². The lowest BCUT2D eigenvalue weighted by Gasteiger charge is -2.40. The minimum Gasteiger partial charge on any atom is -0.496 e. The second-order valence-corrected chi connectivity index (χ2v) is 13.6. The quantitative estimate of drug-likeness (QED) is 0.331. The summed E-state index contributed by atoms with van der Waals surface area (Å²) in [6, 6.07) is 12.5. The van der Waals surface area contributed by atoms with Crippen LogP contribution in [0.15, 0.2) is 41.3 Å². The number of nitrogens with one attached hydrogen (secondary N) is 1. The summed E-state index contributed by atoms with van der Waals surface area (Å²) in [5.74, 6) is 0.627. The molecule has 2 aliphatic rings. The molecule has 2 fully saturated rings. The van der Waals surface area contributed by atoms with Crippen molar-refractivity contribution in [1.82, 2.24) is 14.5 Å². The second-order valence-electron chi connectivity index (χ2n) is 11.9. The number of hydrogen-bond donors (Lipinski definition) is 4. The van der Waals surface area contributed by atoms with Gasteiger partial charge in [-0.3, -0.25) is 9.80 Å². The van der Waals surface area contributed by atoms with Gasteiger partial charge in [0.05, 0.1) is 24.2 Å². The van der Waals surface area contributed by atoms with Crippen molar-refractivity contribution in [2.45, 2.75) is 107 Å². The number of nitrogens with zero attached hydrogens (tertiary/aromatic N) is 2. The first-order chi connectivity index (χ1) is 19.5. The highest BCUT2D eigenvalue weighted by molar-refractivity contribution is 7.89. The molecule has 5 N–H and O–H groups in total. The van der Waals surface area contributed by atoms with Gasteiger partial charge in [0.25, 0.3) is 0 Å². The van der Waals surface area contributed by atoms with E-state index in [1.165, 1.54) is 25.7 Å². The monoisotopic (exact) mass is 592 g/mol. The van der Waals surface area contributed by atoms with Crippen molar-refractivity contribution in [2.75, 3.05) is 33.3 Å². The van der Waals surface area contributed by atoms with Crippen LogP contribution in [0.2, 0.25) is 0 Å². The van der Waals surface area contributed by atoms with E-state index in [1.54, 1.807) is 37.4 Å². The number of fused-ring (bicyclic) bond motifs is 1. The molecule has 0 aliphatic carbocycles. The number of likely N-dealkylation sites (tertiary alicyclic amines) is 2. The van der Waals surface area contributed by atoms with Gasteiger partial charge in [0.2, 0.25) is 10.0 Å². The number of aliphatic hydroxyl groups excluding tert-OH is 2. The maximum atomic E-state index is 12.9. The van der Waals surface area contributed by atoms with E-state index in [0.717, 1.165) is 24.8 Å². The van der Waals surface area contributed by atoms with Crippen LogP contribution >= 0.6 is 0 Å². The molecule has 2 saturated heterocycles. The molecule has 2 aliphatic heterocycles. The third-order valence-corrected chi connectivity index (χ3v) is 10.2. The number of rotatable bonds is 10. The van der Waals surface area contributed by atoms with Crippen LogP contribution in [0.5, 0.6) is 5.75 Å². The second kappa shape index (κ2) is 15.6. The fraction of sp³-hybridized carbons (Fsp3) is 0.677. The van der Waals surface area contributed by atoms with E-state index in [1.807, 2.05) is 6.07 Å². The number of aliphatic hydroxyl groups is 2. The lowest BCUT2D eigenvalue weighted by atomic mass is 9.97. The molecule has 6 atom stereocenters. The molecular weight excluding hydrogens is 540 g/mol. The van der Waals surface area contributed by atoms with Gasteiger partial charge in [0.15, 0.2) is 0 Å². The van der Waals surface area contributed by atoms with Gasteiger partial charge in [0, 0.05) is 61.1 Å². The Morgan fingerprint density at radius 1 is 0.854 bits per heavy atom. The van der Waals surface area contributed by atoms with E-state index >= 15 is 0 Å². The molecular formula is C31H52N4O5S. The predicted molar refractivity (Wildman–Crippen MR) is 166 cm³/mol. The van der Waals surface area contributed by atoms with Crippen molar-refractivity contribution in [3.63, 3.8) is 0 Å². The normalized spacial score (nSPS) is 25.8. The predicted octanol–water partition coefficient (Wildman–Crippen LogP) is 3.32. The highest BCUT2D eigenvalue weighted by Gasteiger charge is 2.28. The summed E-state index contributed by atoms with van der Waals surface area (Å²) in [6.07, 6.45) is 6.12. The van der Waals surface area contributed by atoms with E-state index < -0.39 is 16.1 Å². The minimum absolute atomic E-state index is 0.0152. The standard InChI is InChI=1S/C21H30N2O4S.C10H22N2O/c1-15-7-4-8-16(2)23(15)14-17(24)13-22-28(25,26)21-12-6-9-18-19(21)10-5-11-20(18)27-3;1-8-4-3-5-9(2)12(8)7-10(13)6-11/h5-6,9-12,15-17,22,24H,4,7-8,13-14H2,1-3H3;8-10,13H,3-7,11H2,1-2H3/t15-,16+,17-;8-,9+,10-/m00/s1. The van der Waals surface area contributed by atoms with Crippen molar-refractivity contribution in [3.05, 3.63) is 36.4 Å². The fourth-order valence-corrected chi connectivity index (χ4v) is 7.54. The topological polar surface area (TPSA) is 128 Å². The van der Waals surface area contributed by atoms with E-state index in [-0.39, 0.29) is 17.5 Å². The van der Waals surface area contributed by atoms with Gasteiger partial charge in [-0.05, 0) is 65.5 Å². The molecule has 0 amide bonds. The van der Waals surface area contributed by atoms with Crippen LogP contribution in [-0.2, 0) is 10.0 Å². The Bertz CT molecular complexity index is 1180. The molecule has 4 rings (SSSR count). The maximum Gasteiger partial charge on any atom is 0.241 e. The summed E-state index contributed by atoms with van der Waals surface area (Å²) in [7, 11) is -2.20. The molecule has 2 heterocycles. The van der Waals surface area contributed by atoms with Crippen molar-refractivity contribution in [2.24, 2.45) is 5.73 Å². The molecule has 0 radical (unpaired) electrons. The Morgan fingerprint density at radius 2 is 1.34 bits per heavy atom. The summed E-state index contributed by atoms with van der Waals surface area (Å²) in [6.45, 7) is 10.4. The number of ether oxygens (including phenoxy) is 1. The van der Waals surface area contributed by atoms with Crippen molar-refractivity contribution in [3.8, 4) is 5.75 Å². The average molecular weight is 593 g/mol. The third kappa shape index (κ3) is 9.10. The van der Waals surface area contributed by atoms with Gasteiger partial charge in [-0.1, -0.05) is 37.1 Å². The van der Waals surface area contributed by atoms with Gasteiger partial charge in [0.1, 0.15) is 5.75 Å². The third-order valence-electron chi connectivity index (χ3n) is 8.73. The number of piperidine rings is 2. The summed E-state index contributed by atoms with van der Waals surface area (Å²) in [4.78, 5) is 4.84. The number of hydrogen-bond acceptors (Lipinski definition) is 8. The molecule has 0 saturated carbocycles. The van der Waals surface area contributed by atoms with E-state index in [4.69, 9.17) is 10.5 Å². The lowest BCUT2D eigenvalue weighted by molar-refractivity contribution is 0.0438. The van der Waals surface area contributed by atoms with E-state index in [0.29, 0.717) is 48.4 Å². The molecule has 0 aromatic heterocycles. The first-order valence-electron chi connectivity index (χ1n) is 15.1. The summed E-state index contributed by atoms with van der Waals surface area (Å²) >= 11 is 0. The van der Waals surface area contributed by atoms with Gasteiger partial charge >= 0.3 is 0 Å². The van der Waals surface area contributed by atoms with Crippen LogP contribution in [-0.4, -0.2) is 98.1 Å². The Kier molecular flexibility index (Phi) is 12.8. The molecule has 0 bridgehead atoms. The maximum absolute atomic E-state index is 12.9. The van der Waals surface area contributed by atoms with E-state index in [2.05, 4.69) is 42.2 Å². The Hall–Kier alpha value is -1.79. The molecule has 0 unspecified atom stereocenters. The lowest BCUT2D eigenvalue weighted by Crippen LogP contribution is -2.49. The number of benzene rings is 2. The van der Waals surface area contributed by atoms with Crippen molar-refractivity contribution in [1.29, 1.82) is 0 Å². The fourth-order valence-electron chi connectivity index (χ4n) is 6.24. The molecule has 9 nitrogen and oxygen atoms in total. The van der Waals surface area contributed by atoms with Crippen LogP contribution in [0.1, 0.15) is 66.2 Å². The number of β-amino-alcohol motifs (C(OH)–C–C–N with tert-alkyl or cyclic N) is 2. The Balaban J connectivity index is 0.000000298. The zero-order chi connectivity index (χ0) is 30.2. The Morgan fingerprint density at radius 3 is 1.85 bits per heavy atom. The van der Waals surface area contributed by atoms with Crippen molar-refractivity contribution < 1.29 is 23.4 Å². The van der Waals surface area contributed by atoms with Crippen LogP contribution < -0.4 is 15.2 Å². The van der Waals surface area contributed by atoms with Gasteiger partial charge < -0.3 is 20.7 Å². The zero-order valence-corrected chi connectivity index (χ0v) is 26.3. The summed E-state index contributed by atoms with van der Waals surface area (Å²) < 4.78 is 33.7. The van der Waals surface area contributed by atoms with Gasteiger partial charge in [-0.15, -0.1) is 0 Å².